The van der Waals surface area contributed by atoms with Gasteiger partial charge in [-0.25, -0.2) is 8.78 Å². The first kappa shape index (κ1) is 7.47. The lowest BCUT2D eigenvalue weighted by molar-refractivity contribution is 0.0222. The standard InChI is InChI=1S/C8H13F2N/c9-7(10)8(11)3-1-2-5-4-6(5)8/h5-7H,1-4,11H2. The van der Waals surface area contributed by atoms with E-state index < -0.39 is 12.0 Å². The van der Waals surface area contributed by atoms with Gasteiger partial charge in [0.25, 0.3) is 6.43 Å². The van der Waals surface area contributed by atoms with Crippen LogP contribution in [0.3, 0.4) is 0 Å². The predicted octanol–water partition coefficient (Wildman–Crippen LogP) is 1.77. The van der Waals surface area contributed by atoms with E-state index in [1.54, 1.807) is 0 Å². The van der Waals surface area contributed by atoms with Gasteiger partial charge in [-0.3, -0.25) is 0 Å². The van der Waals surface area contributed by atoms with Crippen molar-refractivity contribution in [3.63, 3.8) is 0 Å². The molecule has 0 radical (unpaired) electrons. The van der Waals surface area contributed by atoms with Crippen LogP contribution in [0.15, 0.2) is 0 Å². The molecule has 0 heterocycles. The SMILES string of the molecule is NC1(C(F)F)CCCC2CC21. The predicted molar refractivity (Wildman–Crippen MR) is 38.4 cm³/mol. The third-order valence-electron chi connectivity index (χ3n) is 3.20. The summed E-state index contributed by atoms with van der Waals surface area (Å²) in [4.78, 5) is 0. The van der Waals surface area contributed by atoms with Crippen LogP contribution in [0.1, 0.15) is 25.7 Å². The third kappa shape index (κ3) is 0.975. The molecule has 2 saturated carbocycles. The molecule has 64 valence electrons. The summed E-state index contributed by atoms with van der Waals surface area (Å²) in [6.45, 7) is 0. The second-order valence-electron chi connectivity index (χ2n) is 3.91. The highest BCUT2D eigenvalue weighted by atomic mass is 19.3. The zero-order chi connectivity index (χ0) is 8.06. The Bertz CT molecular complexity index is 171. The fraction of sp³-hybridized carbons (Fsp3) is 1.00. The largest absolute Gasteiger partial charge is 0.320 e. The Hall–Kier alpha value is -0.180. The third-order valence-corrected chi connectivity index (χ3v) is 3.20. The fourth-order valence-electron chi connectivity index (χ4n) is 2.35. The molecule has 0 bridgehead atoms. The van der Waals surface area contributed by atoms with Crippen LogP contribution in [0.4, 0.5) is 8.78 Å². The number of hydrogen-bond donors (Lipinski definition) is 1. The van der Waals surface area contributed by atoms with Gasteiger partial charge < -0.3 is 5.73 Å². The van der Waals surface area contributed by atoms with Gasteiger partial charge in [0.15, 0.2) is 0 Å². The summed E-state index contributed by atoms with van der Waals surface area (Å²) in [5, 5.41) is 0. The maximum atomic E-state index is 12.5. The van der Waals surface area contributed by atoms with Crippen LogP contribution in [0.5, 0.6) is 0 Å². The van der Waals surface area contributed by atoms with Crippen molar-refractivity contribution >= 4 is 0 Å². The molecular formula is C8H13F2N. The maximum Gasteiger partial charge on any atom is 0.256 e. The van der Waals surface area contributed by atoms with Gasteiger partial charge in [-0.15, -0.1) is 0 Å². The summed E-state index contributed by atoms with van der Waals surface area (Å²) >= 11 is 0. The van der Waals surface area contributed by atoms with E-state index >= 15 is 0 Å². The molecule has 0 amide bonds. The van der Waals surface area contributed by atoms with Crippen molar-refractivity contribution in [1.82, 2.24) is 0 Å². The summed E-state index contributed by atoms with van der Waals surface area (Å²) in [6.07, 6.45) is 1.16. The number of alkyl halides is 2. The summed E-state index contributed by atoms with van der Waals surface area (Å²) in [6, 6.07) is 0. The van der Waals surface area contributed by atoms with Gasteiger partial charge in [-0.2, -0.15) is 0 Å². The molecule has 1 nitrogen and oxygen atoms in total. The van der Waals surface area contributed by atoms with Gasteiger partial charge >= 0.3 is 0 Å². The van der Waals surface area contributed by atoms with Gasteiger partial charge in [0.05, 0.1) is 5.54 Å². The summed E-state index contributed by atoms with van der Waals surface area (Å²) in [5.41, 5.74) is 4.51. The molecule has 2 N–H and O–H groups in total. The molecular weight excluding hydrogens is 148 g/mol. The Morgan fingerprint density at radius 2 is 2.18 bits per heavy atom. The number of fused-ring (bicyclic) bond motifs is 1. The average molecular weight is 161 g/mol. The molecule has 0 saturated heterocycles. The van der Waals surface area contributed by atoms with E-state index in [1.807, 2.05) is 0 Å². The van der Waals surface area contributed by atoms with Crippen molar-refractivity contribution in [2.75, 3.05) is 0 Å². The number of hydrogen-bond acceptors (Lipinski definition) is 1. The Morgan fingerprint density at radius 3 is 2.73 bits per heavy atom. The quantitative estimate of drug-likeness (QED) is 0.623. The van der Waals surface area contributed by atoms with E-state index in [0.29, 0.717) is 12.3 Å². The average Bonchev–Trinajstić information content (AvgIpc) is 2.67. The smallest absolute Gasteiger partial charge is 0.256 e. The minimum Gasteiger partial charge on any atom is -0.320 e. The lowest BCUT2D eigenvalue weighted by Gasteiger charge is -2.32. The molecule has 3 heteroatoms. The van der Waals surface area contributed by atoms with Gasteiger partial charge in [0.1, 0.15) is 0 Å². The fourth-order valence-corrected chi connectivity index (χ4v) is 2.35. The molecule has 0 spiro atoms. The molecule has 3 unspecified atom stereocenters. The van der Waals surface area contributed by atoms with Crippen LogP contribution in [-0.4, -0.2) is 12.0 Å². The van der Waals surface area contributed by atoms with E-state index in [2.05, 4.69) is 0 Å². The Balaban J connectivity index is 2.11. The van der Waals surface area contributed by atoms with Crippen molar-refractivity contribution in [1.29, 1.82) is 0 Å². The molecule has 3 atom stereocenters. The van der Waals surface area contributed by atoms with E-state index in [9.17, 15) is 8.78 Å². The molecule has 0 aromatic rings. The first-order chi connectivity index (χ1) is 5.14. The van der Waals surface area contributed by atoms with Gasteiger partial charge in [0, 0.05) is 0 Å². The minimum absolute atomic E-state index is 0.135. The topological polar surface area (TPSA) is 26.0 Å². The Kier molecular flexibility index (Phi) is 1.46. The molecule has 0 aromatic carbocycles. The van der Waals surface area contributed by atoms with E-state index in [4.69, 9.17) is 5.73 Å². The van der Waals surface area contributed by atoms with Crippen LogP contribution in [-0.2, 0) is 0 Å². The van der Waals surface area contributed by atoms with Crippen molar-refractivity contribution in [2.45, 2.75) is 37.6 Å². The molecule has 2 aliphatic carbocycles. The normalized spacial score (nSPS) is 49.1. The summed E-state index contributed by atoms with van der Waals surface area (Å²) in [7, 11) is 0. The van der Waals surface area contributed by atoms with Gasteiger partial charge in [-0.05, 0) is 24.7 Å². The summed E-state index contributed by atoms with van der Waals surface area (Å²) in [5.74, 6) is 0.666. The summed E-state index contributed by atoms with van der Waals surface area (Å²) < 4.78 is 24.9. The minimum atomic E-state index is -2.32. The molecule has 2 rings (SSSR count). The van der Waals surface area contributed by atoms with Crippen LogP contribution in [0.25, 0.3) is 0 Å². The first-order valence-electron chi connectivity index (χ1n) is 4.21. The zero-order valence-corrected chi connectivity index (χ0v) is 6.39. The molecule has 0 aliphatic heterocycles. The van der Waals surface area contributed by atoms with Crippen LogP contribution in [0, 0.1) is 11.8 Å². The van der Waals surface area contributed by atoms with E-state index in [1.165, 1.54) is 0 Å². The van der Waals surface area contributed by atoms with Gasteiger partial charge in [-0.1, -0.05) is 12.8 Å². The first-order valence-corrected chi connectivity index (χ1v) is 4.21. The lowest BCUT2D eigenvalue weighted by atomic mass is 9.82. The zero-order valence-electron chi connectivity index (χ0n) is 6.39. The second kappa shape index (κ2) is 2.16. The lowest BCUT2D eigenvalue weighted by Crippen LogP contribution is -2.51. The number of rotatable bonds is 1. The highest BCUT2D eigenvalue weighted by Crippen LogP contribution is 2.55. The van der Waals surface area contributed by atoms with E-state index in [0.717, 1.165) is 19.3 Å². The van der Waals surface area contributed by atoms with Crippen molar-refractivity contribution in [3.05, 3.63) is 0 Å². The molecule has 11 heavy (non-hydrogen) atoms. The maximum absolute atomic E-state index is 12.5. The van der Waals surface area contributed by atoms with Crippen LogP contribution < -0.4 is 5.73 Å². The highest BCUT2D eigenvalue weighted by Gasteiger charge is 2.57. The van der Waals surface area contributed by atoms with Gasteiger partial charge in [0.2, 0.25) is 0 Å². The van der Waals surface area contributed by atoms with Crippen LogP contribution >= 0.6 is 0 Å². The second-order valence-corrected chi connectivity index (χ2v) is 3.91. The monoisotopic (exact) mass is 161 g/mol. The molecule has 2 aliphatic rings. The number of halogens is 2. The van der Waals surface area contributed by atoms with E-state index in [-0.39, 0.29) is 5.92 Å². The molecule has 0 aromatic heterocycles. The highest BCUT2D eigenvalue weighted by molar-refractivity contribution is 5.08. The van der Waals surface area contributed by atoms with Crippen molar-refractivity contribution in [3.8, 4) is 0 Å². The Labute approximate surface area is 65.0 Å². The van der Waals surface area contributed by atoms with Crippen molar-refractivity contribution in [2.24, 2.45) is 17.6 Å². The molecule has 2 fully saturated rings. The van der Waals surface area contributed by atoms with Crippen LogP contribution in [0.2, 0.25) is 0 Å². The number of nitrogens with two attached hydrogens (primary N) is 1. The van der Waals surface area contributed by atoms with Crippen molar-refractivity contribution < 1.29 is 8.78 Å². The Morgan fingerprint density at radius 1 is 1.45 bits per heavy atom.